The maximum Gasteiger partial charge on any atom is 0.303 e. The predicted molar refractivity (Wildman–Crippen MR) is 257 cm³/mol. The lowest BCUT2D eigenvalue weighted by Crippen LogP contribution is -2.61. The molecule has 1 aromatic rings. The molecule has 2 unspecified atom stereocenters. The number of nitrogens with zero attached hydrogens (tertiary/aromatic N) is 3. The van der Waals surface area contributed by atoms with Crippen molar-refractivity contribution in [2.75, 3.05) is 26.7 Å². The van der Waals surface area contributed by atoms with Gasteiger partial charge in [-0.2, -0.15) is 12.7 Å². The molecule has 4 amide bonds. The Kier molecular flexibility index (Phi) is 16.2. The highest BCUT2D eigenvalue weighted by molar-refractivity contribution is 7.87. The molecular formula is C51H78N6O7S. The molecule has 2 heterocycles. The van der Waals surface area contributed by atoms with Gasteiger partial charge in [0.1, 0.15) is 12.1 Å². The number of aryl methyl sites for hydroxylation is 1. The zero-order chi connectivity index (χ0) is 48.2. The molecule has 0 radical (unpaired) electrons. The van der Waals surface area contributed by atoms with Crippen LogP contribution in [0.1, 0.15) is 138 Å². The number of carbonyl (C=O) groups is 5. The molecule has 14 heteroatoms. The Morgan fingerprint density at radius 3 is 1.95 bits per heavy atom. The summed E-state index contributed by atoms with van der Waals surface area (Å²) < 4.78 is 27.3. The number of aliphatic imine (C=N–C) groups is 1. The van der Waals surface area contributed by atoms with E-state index in [9.17, 15) is 32.4 Å². The lowest BCUT2D eigenvalue weighted by Gasteiger charge is -2.37. The summed E-state index contributed by atoms with van der Waals surface area (Å²) in [5.41, 5.74) is 0.793. The topological polar surface area (TPSA) is 174 Å². The first-order valence-electron chi connectivity index (χ1n) is 23.9. The summed E-state index contributed by atoms with van der Waals surface area (Å²) in [6.45, 7) is 22.9. The lowest BCUT2D eigenvalue weighted by atomic mass is 9.73. The average Bonchev–Trinajstić information content (AvgIpc) is 3.67. The Labute approximate surface area is 389 Å². The molecule has 6 atom stereocenters. The fourth-order valence-electron chi connectivity index (χ4n) is 11.5. The van der Waals surface area contributed by atoms with Crippen LogP contribution in [0.5, 0.6) is 0 Å². The average molecular weight is 919 g/mol. The summed E-state index contributed by atoms with van der Waals surface area (Å²) in [5, 5.41) is 6.08. The van der Waals surface area contributed by atoms with Gasteiger partial charge >= 0.3 is 10.2 Å². The summed E-state index contributed by atoms with van der Waals surface area (Å²) in [6.07, 6.45) is 16.3. The maximum atomic E-state index is 14.4. The number of rotatable bonds is 12. The Balaban J connectivity index is 0.000000268. The summed E-state index contributed by atoms with van der Waals surface area (Å²) in [4.78, 5) is 72.2. The molecule has 3 N–H and O–H groups in total. The van der Waals surface area contributed by atoms with Crippen molar-refractivity contribution in [1.82, 2.24) is 24.6 Å². The van der Waals surface area contributed by atoms with E-state index in [1.165, 1.54) is 22.5 Å². The molecule has 2 saturated heterocycles. The van der Waals surface area contributed by atoms with Gasteiger partial charge in [-0.05, 0) is 100 Å². The zero-order valence-electron chi connectivity index (χ0n) is 40.9. The number of hydrogen-bond donors (Lipinski definition) is 3. The van der Waals surface area contributed by atoms with Crippen molar-refractivity contribution in [3.63, 3.8) is 0 Å². The second kappa shape index (κ2) is 20.4. The van der Waals surface area contributed by atoms with Gasteiger partial charge in [-0.15, -0.1) is 6.58 Å². The van der Waals surface area contributed by atoms with Gasteiger partial charge in [-0.1, -0.05) is 115 Å². The number of hydrogen-bond acceptors (Lipinski definition) is 8. The molecular weight excluding hydrogens is 841 g/mol. The van der Waals surface area contributed by atoms with Gasteiger partial charge in [0.2, 0.25) is 17.7 Å². The van der Waals surface area contributed by atoms with E-state index in [1.54, 1.807) is 44.9 Å². The molecule has 0 bridgehead atoms. The first kappa shape index (κ1) is 51.8. The second-order valence-electron chi connectivity index (χ2n) is 21.4. The van der Waals surface area contributed by atoms with Crippen molar-refractivity contribution in [2.45, 2.75) is 157 Å². The van der Waals surface area contributed by atoms with Crippen LogP contribution in [-0.4, -0.2) is 98.1 Å². The number of amides is 4. The zero-order valence-corrected chi connectivity index (χ0v) is 41.7. The maximum absolute atomic E-state index is 14.4. The Morgan fingerprint density at radius 1 is 0.892 bits per heavy atom. The Bertz CT molecular complexity index is 2100. The molecule has 2 spiro atoms. The van der Waals surface area contributed by atoms with E-state index in [4.69, 9.17) is 0 Å². The monoisotopic (exact) mass is 919 g/mol. The fourth-order valence-corrected chi connectivity index (χ4v) is 12.8. The Hall–Kier alpha value is -4.17. The molecule has 6 fully saturated rings. The fraction of sp³-hybridized carbons (Fsp3) is 0.686. The van der Waals surface area contributed by atoms with Crippen LogP contribution in [0.15, 0.2) is 59.6 Å². The third-order valence-electron chi connectivity index (χ3n) is 16.2. The number of likely N-dealkylation sites (tertiary alicyclic amines) is 1. The number of benzene rings is 1. The van der Waals surface area contributed by atoms with Crippen molar-refractivity contribution in [1.29, 1.82) is 0 Å². The largest absolute Gasteiger partial charge is 0.342 e. The van der Waals surface area contributed by atoms with Gasteiger partial charge in [0.15, 0.2) is 5.78 Å². The van der Waals surface area contributed by atoms with Crippen LogP contribution in [0, 0.1) is 45.8 Å². The van der Waals surface area contributed by atoms with E-state index in [-0.39, 0.29) is 51.6 Å². The molecule has 65 heavy (non-hydrogen) atoms. The van der Waals surface area contributed by atoms with Gasteiger partial charge in [-0.3, -0.25) is 29.0 Å². The second-order valence-corrected chi connectivity index (χ2v) is 23.1. The Morgan fingerprint density at radius 2 is 1.51 bits per heavy atom. The molecule has 7 rings (SSSR count). The normalized spacial score (nSPS) is 27.8. The van der Waals surface area contributed by atoms with Gasteiger partial charge in [0.25, 0.3) is 5.91 Å². The van der Waals surface area contributed by atoms with Crippen LogP contribution in [0.3, 0.4) is 0 Å². The summed E-state index contributed by atoms with van der Waals surface area (Å²) in [7, 11) is -2.03. The molecule has 6 aliphatic rings. The summed E-state index contributed by atoms with van der Waals surface area (Å²) in [5.74, 6) is -1.19. The lowest BCUT2D eigenvalue weighted by molar-refractivity contribution is -0.143. The van der Waals surface area contributed by atoms with Crippen molar-refractivity contribution in [2.24, 2.45) is 43.9 Å². The standard InChI is InChI=1S/C33H52N4O4.C11H18N2O3S.C7H8/c1-9-22(19-34-8)27(39)35-25(23-14-11-10-12-15-23)28(40)36-26(30(3,4)5)29(41)37-20-33(18-24(37)21(2)38)31(6,7)32(33)16-13-17-32;1-3-9-8-11(9,2)10(14)12-17(15,16)13-6-4-5-7-13;1-7-5-3-2-4-6-7/h9,19,23-26H,10-18,20H2,1-8H3,(H,35,39)(H,36,40);3,9H,1,4-8H2,2H3,(H,12,14);2-6H,1H3/b22-9+,34-19?;;/t24?,25?,26-,33-;9-,11+;/m11./s1. The van der Waals surface area contributed by atoms with E-state index in [0.717, 1.165) is 57.8 Å². The number of allylic oxidation sites excluding steroid dienone is 2. The first-order chi connectivity index (χ1) is 30.5. The van der Waals surface area contributed by atoms with Crippen LogP contribution in [0.25, 0.3) is 0 Å². The number of nitrogens with one attached hydrogen (secondary N) is 3. The van der Waals surface area contributed by atoms with E-state index in [0.29, 0.717) is 38.0 Å². The quantitative estimate of drug-likeness (QED) is 0.112. The molecule has 1 aromatic carbocycles. The van der Waals surface area contributed by atoms with Crippen LogP contribution < -0.4 is 15.4 Å². The SMILES string of the molecule is C/C=C(\C=NC)C(=O)NC(C(=O)N[C@H](C(=O)N1C[C@]2(CC1C(C)=O)C(C)(C)C21CCC1)C(C)(C)C)C1CCCCC1.C=C[C@@H]1C[C@]1(C)C(=O)NS(=O)(=O)N1CCCC1.Cc1ccccc1. The highest BCUT2D eigenvalue weighted by atomic mass is 32.2. The summed E-state index contributed by atoms with van der Waals surface area (Å²) in [6, 6.07) is 8.21. The van der Waals surface area contributed by atoms with E-state index in [1.807, 2.05) is 39.0 Å². The minimum Gasteiger partial charge on any atom is -0.342 e. The van der Waals surface area contributed by atoms with Gasteiger partial charge in [0.05, 0.1) is 17.0 Å². The van der Waals surface area contributed by atoms with Crippen LogP contribution in [0.4, 0.5) is 0 Å². The minimum atomic E-state index is -3.63. The van der Waals surface area contributed by atoms with Crippen molar-refractivity contribution < 1.29 is 32.4 Å². The third-order valence-corrected chi connectivity index (χ3v) is 17.7. The number of carbonyl (C=O) groups excluding carboxylic acids is 5. The van der Waals surface area contributed by atoms with Crippen molar-refractivity contribution in [3.8, 4) is 0 Å². The highest BCUT2D eigenvalue weighted by Crippen LogP contribution is 2.88. The minimum absolute atomic E-state index is 0.00847. The van der Waals surface area contributed by atoms with Crippen molar-refractivity contribution in [3.05, 3.63) is 60.2 Å². The number of fused-ring (bicyclic) bond motifs is 1. The van der Waals surface area contributed by atoms with E-state index >= 15 is 0 Å². The van der Waals surface area contributed by atoms with Gasteiger partial charge in [-0.25, -0.2) is 4.72 Å². The van der Waals surface area contributed by atoms with E-state index in [2.05, 4.69) is 59.8 Å². The highest BCUT2D eigenvalue weighted by Gasteiger charge is 2.85. The molecule has 13 nitrogen and oxygen atoms in total. The van der Waals surface area contributed by atoms with Gasteiger partial charge < -0.3 is 15.5 Å². The summed E-state index contributed by atoms with van der Waals surface area (Å²) >= 11 is 0. The van der Waals surface area contributed by atoms with Gasteiger partial charge in [0, 0.05) is 38.3 Å². The van der Waals surface area contributed by atoms with Crippen molar-refractivity contribution >= 4 is 45.8 Å². The number of Topliss-reactive ketones (excluding diaryl/α,β-unsaturated/α-hetero) is 1. The van der Waals surface area contributed by atoms with Crippen LogP contribution >= 0.6 is 0 Å². The first-order valence-corrected chi connectivity index (χ1v) is 25.4. The smallest absolute Gasteiger partial charge is 0.303 e. The molecule has 2 aliphatic heterocycles. The molecule has 4 saturated carbocycles. The molecule has 0 aromatic heterocycles. The predicted octanol–water partition coefficient (Wildman–Crippen LogP) is 7.27. The third kappa shape index (κ3) is 10.7. The van der Waals surface area contributed by atoms with Crippen LogP contribution in [0.2, 0.25) is 0 Å². The number of ketones is 1. The molecule has 360 valence electrons. The molecule has 4 aliphatic carbocycles. The van der Waals surface area contributed by atoms with E-state index < -0.39 is 45.1 Å². The van der Waals surface area contributed by atoms with Crippen LogP contribution in [-0.2, 0) is 34.2 Å².